The largest absolute Gasteiger partial charge is 0.466 e. The Labute approximate surface area is 116 Å². The predicted molar refractivity (Wildman–Crippen MR) is 72.5 cm³/mol. The van der Waals surface area contributed by atoms with Gasteiger partial charge in [-0.15, -0.1) is 0 Å². The van der Waals surface area contributed by atoms with E-state index in [4.69, 9.17) is 4.74 Å². The molecule has 1 heterocycles. The number of pyridine rings is 1. The maximum absolute atomic E-state index is 11.7. The molecule has 0 N–H and O–H groups in total. The fourth-order valence-electron chi connectivity index (χ4n) is 1.80. The first-order chi connectivity index (χ1) is 9.56. The molecule has 1 aromatic rings. The molecule has 0 radical (unpaired) electrons. The molecule has 0 bridgehead atoms. The second kappa shape index (κ2) is 8.08. The molecule has 0 aliphatic heterocycles. The number of carbonyl (C=O) groups is 1. The van der Waals surface area contributed by atoms with Crippen LogP contribution in [-0.4, -0.2) is 22.1 Å². The molecule has 0 saturated carbocycles. The summed E-state index contributed by atoms with van der Waals surface area (Å²) in [5.41, 5.74) is -1.01. The van der Waals surface area contributed by atoms with Crippen molar-refractivity contribution in [3.63, 3.8) is 0 Å². The summed E-state index contributed by atoms with van der Waals surface area (Å²) < 4.78 is 6.12. The zero-order valence-electron chi connectivity index (χ0n) is 11.4. The Bertz CT molecular complexity index is 524. The van der Waals surface area contributed by atoms with E-state index in [0.29, 0.717) is 32.4 Å². The van der Waals surface area contributed by atoms with Crippen molar-refractivity contribution in [1.82, 2.24) is 4.57 Å². The maximum Gasteiger partial charge on any atom is 0.334 e. The van der Waals surface area contributed by atoms with Crippen molar-refractivity contribution in [2.24, 2.45) is 0 Å². The van der Waals surface area contributed by atoms with Gasteiger partial charge in [-0.2, -0.15) is 0 Å². The van der Waals surface area contributed by atoms with Crippen molar-refractivity contribution < 1.29 is 14.5 Å². The molecule has 7 nitrogen and oxygen atoms in total. The molecule has 0 unspecified atom stereocenters. The lowest BCUT2D eigenvalue weighted by Crippen LogP contribution is -2.21. The quantitative estimate of drug-likeness (QED) is 0.314. The van der Waals surface area contributed by atoms with E-state index >= 15 is 0 Å². The van der Waals surface area contributed by atoms with Gasteiger partial charge in [-0.1, -0.05) is 6.42 Å². The highest BCUT2D eigenvalue weighted by atomic mass is 16.6. The smallest absolute Gasteiger partial charge is 0.334 e. The number of nitro groups is 1. The van der Waals surface area contributed by atoms with Crippen LogP contribution in [0.25, 0.3) is 0 Å². The number of hydrogen-bond donors (Lipinski definition) is 0. The van der Waals surface area contributed by atoms with Crippen LogP contribution in [0.4, 0.5) is 5.69 Å². The fraction of sp³-hybridized carbons (Fsp3) is 0.538. The third-order valence-electron chi connectivity index (χ3n) is 2.78. The van der Waals surface area contributed by atoms with Gasteiger partial charge in [0, 0.05) is 25.2 Å². The number of carbonyl (C=O) groups excluding carboxylic acids is 1. The second-order valence-corrected chi connectivity index (χ2v) is 4.26. The first-order valence-corrected chi connectivity index (χ1v) is 6.55. The average Bonchev–Trinajstić information content (AvgIpc) is 2.40. The summed E-state index contributed by atoms with van der Waals surface area (Å²) in [6.07, 6.45) is 4.01. The summed E-state index contributed by atoms with van der Waals surface area (Å²) in [7, 11) is 0. The van der Waals surface area contributed by atoms with Crippen LogP contribution in [-0.2, 0) is 16.1 Å². The van der Waals surface area contributed by atoms with Gasteiger partial charge < -0.3 is 9.30 Å². The molecule has 0 amide bonds. The summed E-state index contributed by atoms with van der Waals surface area (Å²) in [4.78, 5) is 32.8. The van der Waals surface area contributed by atoms with Crippen molar-refractivity contribution in [1.29, 1.82) is 0 Å². The molecule has 0 fully saturated rings. The molecule has 1 aromatic heterocycles. The molecule has 7 heteroatoms. The van der Waals surface area contributed by atoms with Crippen LogP contribution in [0.1, 0.15) is 32.6 Å². The molecule has 0 aliphatic carbocycles. The molecular formula is C13H18N2O5. The van der Waals surface area contributed by atoms with Crippen LogP contribution in [0.3, 0.4) is 0 Å². The molecule has 110 valence electrons. The standard InChI is InChI=1S/C13H18N2O5/c1-2-20-12(16)8-4-3-5-9-14-10-6-7-11(13(14)17)15(18)19/h6-7,10H,2-5,8-9H2,1H3. The van der Waals surface area contributed by atoms with E-state index in [2.05, 4.69) is 0 Å². The highest BCUT2D eigenvalue weighted by Gasteiger charge is 2.12. The normalized spacial score (nSPS) is 10.2. The summed E-state index contributed by atoms with van der Waals surface area (Å²) in [6.45, 7) is 2.54. The van der Waals surface area contributed by atoms with Gasteiger partial charge in [-0.25, -0.2) is 0 Å². The van der Waals surface area contributed by atoms with Gasteiger partial charge in [0.15, 0.2) is 0 Å². The maximum atomic E-state index is 11.7. The average molecular weight is 282 g/mol. The van der Waals surface area contributed by atoms with Crippen molar-refractivity contribution in [3.8, 4) is 0 Å². The monoisotopic (exact) mass is 282 g/mol. The van der Waals surface area contributed by atoms with E-state index in [-0.39, 0.29) is 5.97 Å². The molecule has 0 spiro atoms. The second-order valence-electron chi connectivity index (χ2n) is 4.26. The van der Waals surface area contributed by atoms with Gasteiger partial charge in [-0.05, 0) is 25.8 Å². The van der Waals surface area contributed by atoms with Crippen LogP contribution in [0.5, 0.6) is 0 Å². The zero-order valence-corrected chi connectivity index (χ0v) is 11.4. The zero-order chi connectivity index (χ0) is 15.0. The van der Waals surface area contributed by atoms with Gasteiger partial charge in [0.25, 0.3) is 0 Å². The van der Waals surface area contributed by atoms with Crippen LogP contribution in [0, 0.1) is 10.1 Å². The van der Waals surface area contributed by atoms with E-state index < -0.39 is 16.2 Å². The Morgan fingerprint density at radius 3 is 2.80 bits per heavy atom. The number of hydrogen-bond acceptors (Lipinski definition) is 5. The van der Waals surface area contributed by atoms with E-state index in [0.717, 1.165) is 6.42 Å². The Morgan fingerprint density at radius 1 is 1.40 bits per heavy atom. The van der Waals surface area contributed by atoms with Crippen molar-refractivity contribution in [2.45, 2.75) is 39.2 Å². The lowest BCUT2D eigenvalue weighted by Gasteiger charge is -2.05. The Hall–Kier alpha value is -2.18. The summed E-state index contributed by atoms with van der Waals surface area (Å²) in [6, 6.07) is 2.68. The van der Waals surface area contributed by atoms with Crippen molar-refractivity contribution in [2.75, 3.05) is 6.61 Å². The van der Waals surface area contributed by atoms with Crippen LogP contribution in [0.15, 0.2) is 23.1 Å². The van der Waals surface area contributed by atoms with Crippen molar-refractivity contribution >= 4 is 11.7 Å². The molecule has 0 atom stereocenters. The van der Waals surface area contributed by atoms with E-state index in [1.807, 2.05) is 0 Å². The minimum absolute atomic E-state index is 0.222. The van der Waals surface area contributed by atoms with Gasteiger partial charge >= 0.3 is 17.2 Å². The minimum Gasteiger partial charge on any atom is -0.466 e. The Kier molecular flexibility index (Phi) is 6.42. The number of aromatic nitrogens is 1. The topological polar surface area (TPSA) is 91.4 Å². The molecule has 0 aliphatic rings. The molecule has 1 rings (SSSR count). The highest BCUT2D eigenvalue weighted by molar-refractivity contribution is 5.69. The Balaban J connectivity index is 2.40. The molecule has 20 heavy (non-hydrogen) atoms. The highest BCUT2D eigenvalue weighted by Crippen LogP contribution is 2.05. The number of ether oxygens (including phenoxy) is 1. The summed E-state index contributed by atoms with van der Waals surface area (Å²) in [5.74, 6) is -0.222. The predicted octanol–water partition coefficient (Wildman–Crippen LogP) is 1.88. The third-order valence-corrected chi connectivity index (χ3v) is 2.78. The summed E-state index contributed by atoms with van der Waals surface area (Å²) >= 11 is 0. The van der Waals surface area contributed by atoms with Gasteiger partial charge in [-0.3, -0.25) is 19.7 Å². The lowest BCUT2D eigenvalue weighted by molar-refractivity contribution is -0.386. The number of esters is 1. The lowest BCUT2D eigenvalue weighted by atomic mass is 10.2. The van der Waals surface area contributed by atoms with Crippen LogP contribution < -0.4 is 5.56 Å². The first-order valence-electron chi connectivity index (χ1n) is 6.55. The molecule has 0 saturated heterocycles. The first kappa shape index (κ1) is 15.9. The van der Waals surface area contributed by atoms with E-state index in [9.17, 15) is 19.7 Å². The van der Waals surface area contributed by atoms with Gasteiger partial charge in [0.05, 0.1) is 11.5 Å². The third kappa shape index (κ3) is 4.83. The Morgan fingerprint density at radius 2 is 2.15 bits per heavy atom. The molecular weight excluding hydrogens is 264 g/mol. The van der Waals surface area contributed by atoms with Crippen molar-refractivity contribution in [3.05, 3.63) is 38.8 Å². The summed E-state index contributed by atoms with van der Waals surface area (Å²) in [5, 5.41) is 10.6. The number of nitrogens with zero attached hydrogens (tertiary/aromatic N) is 2. The van der Waals surface area contributed by atoms with E-state index in [1.165, 1.54) is 22.9 Å². The number of rotatable bonds is 8. The minimum atomic E-state index is -0.681. The van der Waals surface area contributed by atoms with E-state index in [1.54, 1.807) is 6.92 Å². The van der Waals surface area contributed by atoms with Crippen LogP contribution >= 0.6 is 0 Å². The van der Waals surface area contributed by atoms with Crippen LogP contribution in [0.2, 0.25) is 0 Å². The SMILES string of the molecule is CCOC(=O)CCCCCn1cccc([N+](=O)[O-])c1=O. The number of aryl methyl sites for hydroxylation is 1. The van der Waals surface area contributed by atoms with Gasteiger partial charge in [0.1, 0.15) is 0 Å². The fourth-order valence-corrected chi connectivity index (χ4v) is 1.80. The van der Waals surface area contributed by atoms with Gasteiger partial charge in [0.2, 0.25) is 0 Å². The number of unbranched alkanes of at least 4 members (excludes halogenated alkanes) is 2. The molecule has 0 aromatic carbocycles.